The Bertz CT molecular complexity index is 1710. The molecule has 0 aliphatic carbocycles. The minimum absolute atomic E-state index is 0.0943. The zero-order valence-electron chi connectivity index (χ0n) is 29.6. The van der Waals surface area contributed by atoms with Crippen molar-refractivity contribution >= 4 is 40.5 Å². The molecule has 1 unspecified atom stereocenters. The van der Waals surface area contributed by atoms with Crippen LogP contribution in [0.4, 0.5) is 22.1 Å². The number of amides is 2. The van der Waals surface area contributed by atoms with Gasteiger partial charge in [-0.05, 0) is 95.9 Å². The maximum absolute atomic E-state index is 12.8. The lowest BCUT2D eigenvalue weighted by molar-refractivity contribution is -0.0368. The molecule has 1 aromatic carbocycles. The highest BCUT2D eigenvalue weighted by atomic mass is 16.6. The molecule has 49 heavy (non-hydrogen) atoms. The highest BCUT2D eigenvalue weighted by Crippen LogP contribution is 2.44. The van der Waals surface area contributed by atoms with E-state index in [2.05, 4.69) is 27.4 Å². The molecular weight excluding hydrogens is 624 g/mol. The van der Waals surface area contributed by atoms with Crippen LogP contribution < -0.4 is 20.4 Å². The van der Waals surface area contributed by atoms with E-state index >= 15 is 0 Å². The Kier molecular flexibility index (Phi) is 8.93. The van der Waals surface area contributed by atoms with Gasteiger partial charge in [0, 0.05) is 50.0 Å². The molecule has 264 valence electrons. The number of carbonyl (C=O) groups excluding carboxylic acids is 2. The summed E-state index contributed by atoms with van der Waals surface area (Å²) in [6, 6.07) is 5.78. The maximum Gasteiger partial charge on any atom is 0.407 e. The Labute approximate surface area is 288 Å². The molecule has 3 saturated heterocycles. The number of benzene rings is 1. The van der Waals surface area contributed by atoms with Gasteiger partial charge in [-0.3, -0.25) is 4.79 Å². The van der Waals surface area contributed by atoms with Gasteiger partial charge in [-0.1, -0.05) is 6.92 Å². The minimum atomic E-state index is -0.568. The molecule has 2 N–H and O–H groups in total. The summed E-state index contributed by atoms with van der Waals surface area (Å²) in [5.41, 5.74) is 3.52. The number of piperidine rings is 1. The molecule has 0 radical (unpaired) electrons. The molecule has 3 aromatic rings. The van der Waals surface area contributed by atoms with Crippen LogP contribution in [0.25, 0.3) is 11.2 Å². The first-order valence-electron chi connectivity index (χ1n) is 17.8. The Morgan fingerprint density at radius 2 is 1.86 bits per heavy atom. The predicted molar refractivity (Wildman–Crippen MR) is 186 cm³/mol. The van der Waals surface area contributed by atoms with Crippen LogP contribution in [-0.2, 0) is 14.2 Å². The average molecular weight is 675 g/mol. The van der Waals surface area contributed by atoms with E-state index in [0.717, 1.165) is 86.6 Å². The molecule has 3 fully saturated rings. The quantitative estimate of drug-likeness (QED) is 0.361. The molecule has 13 nitrogen and oxygen atoms in total. The molecule has 7 rings (SSSR count). The zero-order valence-corrected chi connectivity index (χ0v) is 29.6. The highest BCUT2D eigenvalue weighted by Gasteiger charge is 2.50. The second-order valence-corrected chi connectivity index (χ2v) is 15.2. The minimum Gasteiger partial charge on any atom is -0.444 e. The van der Waals surface area contributed by atoms with Crippen LogP contribution >= 0.6 is 0 Å². The third-order valence-electron chi connectivity index (χ3n) is 10.7. The molecule has 4 atom stereocenters. The number of nitrogens with zero attached hydrogens (tertiary/aromatic N) is 6. The van der Waals surface area contributed by atoms with Gasteiger partial charge in [0.25, 0.3) is 5.91 Å². The summed E-state index contributed by atoms with van der Waals surface area (Å²) in [4.78, 5) is 40.0. The fourth-order valence-corrected chi connectivity index (χ4v) is 7.96. The van der Waals surface area contributed by atoms with Crippen LogP contribution in [0.15, 0.2) is 24.4 Å². The monoisotopic (exact) mass is 674 g/mol. The fourth-order valence-electron chi connectivity index (χ4n) is 7.96. The van der Waals surface area contributed by atoms with Gasteiger partial charge < -0.3 is 34.6 Å². The van der Waals surface area contributed by atoms with Gasteiger partial charge in [0.1, 0.15) is 11.4 Å². The standard InChI is InChI=1S/C36H50N8O5/c1-22-12-15-43(26-11-10-24(19-25(22)26)33(45)37-6)32-29-31(44(41-32)28-9-7-8-18-47-28)39-27(20-38-29)42-16-13-36(14-17-42)21-48-23(2)30(36)40-34(46)49-35(3,4)5/h10-11,19-20,22-23,28,30H,7-9,12-18,21H2,1-6H3,(H,37,45)(H,40,46)/t22-,23-,28?,30+/m0/s1. The van der Waals surface area contributed by atoms with E-state index in [0.29, 0.717) is 30.3 Å². The van der Waals surface area contributed by atoms with Gasteiger partial charge in [-0.25, -0.2) is 19.4 Å². The van der Waals surface area contributed by atoms with Crippen LogP contribution in [-0.4, -0.2) is 89.4 Å². The molecular formula is C36H50N8O5. The number of anilines is 3. The van der Waals surface area contributed by atoms with Gasteiger partial charge in [0.2, 0.25) is 0 Å². The number of hydrogen-bond acceptors (Lipinski definition) is 10. The van der Waals surface area contributed by atoms with E-state index in [9.17, 15) is 9.59 Å². The zero-order chi connectivity index (χ0) is 34.5. The predicted octanol–water partition coefficient (Wildman–Crippen LogP) is 5.43. The second-order valence-electron chi connectivity index (χ2n) is 15.2. The summed E-state index contributed by atoms with van der Waals surface area (Å²) in [6.45, 7) is 13.4. The molecule has 0 saturated carbocycles. The van der Waals surface area contributed by atoms with Crippen molar-refractivity contribution in [2.24, 2.45) is 5.41 Å². The lowest BCUT2D eigenvalue weighted by Crippen LogP contribution is -2.55. The van der Waals surface area contributed by atoms with Crippen LogP contribution in [0.5, 0.6) is 0 Å². The van der Waals surface area contributed by atoms with Gasteiger partial charge in [-0.15, -0.1) is 5.10 Å². The number of aromatic nitrogens is 4. The summed E-state index contributed by atoms with van der Waals surface area (Å²) in [7, 11) is 1.66. The summed E-state index contributed by atoms with van der Waals surface area (Å²) >= 11 is 0. The molecule has 0 bridgehead atoms. The Morgan fingerprint density at radius 1 is 1.06 bits per heavy atom. The van der Waals surface area contributed by atoms with Crippen LogP contribution in [0.2, 0.25) is 0 Å². The van der Waals surface area contributed by atoms with Crippen molar-refractivity contribution in [3.8, 4) is 0 Å². The number of alkyl carbamates (subject to hydrolysis) is 1. The summed E-state index contributed by atoms with van der Waals surface area (Å²) in [5, 5.41) is 11.1. The van der Waals surface area contributed by atoms with Crippen molar-refractivity contribution < 1.29 is 23.8 Å². The summed E-state index contributed by atoms with van der Waals surface area (Å²) in [5.74, 6) is 1.77. The summed E-state index contributed by atoms with van der Waals surface area (Å²) in [6.07, 6.45) is 6.71. The number of hydrogen-bond donors (Lipinski definition) is 2. The lowest BCUT2D eigenvalue weighted by atomic mass is 9.73. The number of nitrogens with one attached hydrogen (secondary N) is 2. The third-order valence-corrected chi connectivity index (χ3v) is 10.7. The fraction of sp³-hybridized carbons (Fsp3) is 0.639. The van der Waals surface area contributed by atoms with E-state index in [1.54, 1.807) is 7.05 Å². The van der Waals surface area contributed by atoms with E-state index in [-0.39, 0.29) is 29.7 Å². The third kappa shape index (κ3) is 6.42. The van der Waals surface area contributed by atoms with Crippen molar-refractivity contribution in [1.29, 1.82) is 0 Å². The molecule has 6 heterocycles. The average Bonchev–Trinajstić information content (AvgIpc) is 3.61. The SMILES string of the molecule is CNC(=O)c1ccc2c(c1)[C@@H](C)CCN2c1nn(C2CCCCO2)c2nc(N3CCC4(CC3)CO[C@@H](C)[C@H]4NC(=O)OC(C)(C)C)cnc12. The number of ether oxygens (including phenoxy) is 3. The number of fused-ring (bicyclic) bond motifs is 2. The smallest absolute Gasteiger partial charge is 0.407 e. The van der Waals surface area contributed by atoms with Crippen LogP contribution in [0, 0.1) is 5.41 Å². The van der Waals surface area contributed by atoms with E-state index in [1.165, 1.54) is 0 Å². The number of carbonyl (C=O) groups is 2. The van der Waals surface area contributed by atoms with E-state index < -0.39 is 11.7 Å². The van der Waals surface area contributed by atoms with Crippen molar-refractivity contribution in [3.05, 3.63) is 35.5 Å². The highest BCUT2D eigenvalue weighted by molar-refractivity contribution is 5.95. The molecule has 4 aliphatic heterocycles. The van der Waals surface area contributed by atoms with Gasteiger partial charge in [0.15, 0.2) is 23.2 Å². The molecule has 4 aliphatic rings. The lowest BCUT2D eigenvalue weighted by Gasteiger charge is -2.42. The van der Waals surface area contributed by atoms with E-state index in [1.807, 2.05) is 56.8 Å². The first-order chi connectivity index (χ1) is 23.5. The Hall–Kier alpha value is -3.97. The first-order valence-corrected chi connectivity index (χ1v) is 17.8. The topological polar surface area (TPSA) is 136 Å². The van der Waals surface area contributed by atoms with Crippen molar-refractivity contribution in [3.63, 3.8) is 0 Å². The molecule has 2 aromatic heterocycles. The van der Waals surface area contributed by atoms with Crippen molar-refractivity contribution in [1.82, 2.24) is 30.4 Å². The normalized spacial score (nSPS) is 25.3. The van der Waals surface area contributed by atoms with Gasteiger partial charge >= 0.3 is 6.09 Å². The van der Waals surface area contributed by atoms with Crippen LogP contribution in [0.1, 0.15) is 101 Å². The Balaban J connectivity index is 1.18. The maximum atomic E-state index is 12.8. The Morgan fingerprint density at radius 3 is 2.57 bits per heavy atom. The number of rotatable bonds is 5. The second kappa shape index (κ2) is 13.1. The van der Waals surface area contributed by atoms with Crippen molar-refractivity contribution in [2.75, 3.05) is 49.7 Å². The van der Waals surface area contributed by atoms with Crippen molar-refractivity contribution in [2.45, 2.75) is 103 Å². The van der Waals surface area contributed by atoms with E-state index in [4.69, 9.17) is 29.3 Å². The first kappa shape index (κ1) is 33.5. The molecule has 2 amide bonds. The molecule has 1 spiro atoms. The largest absolute Gasteiger partial charge is 0.444 e. The van der Waals surface area contributed by atoms with Gasteiger partial charge in [-0.2, -0.15) is 0 Å². The van der Waals surface area contributed by atoms with Crippen LogP contribution in [0.3, 0.4) is 0 Å². The molecule has 13 heteroatoms. The summed E-state index contributed by atoms with van der Waals surface area (Å²) < 4.78 is 19.9. The van der Waals surface area contributed by atoms with Gasteiger partial charge in [0.05, 0.1) is 24.9 Å².